The van der Waals surface area contributed by atoms with Crippen molar-refractivity contribution >= 4 is 27.3 Å². The quantitative estimate of drug-likeness (QED) is 0.618. The maximum absolute atomic E-state index is 13.4. The molecular weight excluding hydrogens is 412 g/mol. The van der Waals surface area contributed by atoms with Gasteiger partial charge in [-0.1, -0.05) is 24.3 Å². The van der Waals surface area contributed by atoms with Crippen molar-refractivity contribution in [1.29, 1.82) is 0 Å². The van der Waals surface area contributed by atoms with E-state index < -0.39 is 10.0 Å². The number of aryl methyl sites for hydroxylation is 1. The number of hydrogen-bond donors (Lipinski definition) is 1. The minimum Gasteiger partial charge on any atom is -0.494 e. The molecular formula is C24H24N2O4S. The monoisotopic (exact) mass is 436 g/mol. The Hall–Kier alpha value is -3.32. The Bertz CT molecular complexity index is 1190. The zero-order valence-electron chi connectivity index (χ0n) is 17.2. The molecule has 0 saturated carbocycles. The molecule has 0 saturated heterocycles. The van der Waals surface area contributed by atoms with Crippen molar-refractivity contribution in [3.05, 3.63) is 83.9 Å². The van der Waals surface area contributed by atoms with Gasteiger partial charge < -0.3 is 10.1 Å². The fourth-order valence-electron chi connectivity index (χ4n) is 3.68. The number of benzene rings is 3. The van der Waals surface area contributed by atoms with E-state index in [4.69, 9.17) is 4.74 Å². The average Bonchev–Trinajstić information content (AvgIpc) is 2.80. The predicted octanol–water partition coefficient (Wildman–Crippen LogP) is 4.48. The molecule has 7 heteroatoms. The van der Waals surface area contributed by atoms with Gasteiger partial charge in [0.25, 0.3) is 15.9 Å². The third-order valence-corrected chi connectivity index (χ3v) is 6.98. The van der Waals surface area contributed by atoms with Crippen LogP contribution in [-0.4, -0.2) is 27.5 Å². The fraction of sp³-hybridized carbons (Fsp3) is 0.208. The molecule has 3 aromatic rings. The van der Waals surface area contributed by atoms with Gasteiger partial charge in [0.1, 0.15) is 5.75 Å². The summed E-state index contributed by atoms with van der Waals surface area (Å²) in [7, 11) is -3.78. The smallest absolute Gasteiger partial charge is 0.264 e. The molecule has 0 atom stereocenters. The van der Waals surface area contributed by atoms with Crippen molar-refractivity contribution in [1.82, 2.24) is 0 Å². The van der Waals surface area contributed by atoms with Gasteiger partial charge in [-0.25, -0.2) is 8.42 Å². The minimum absolute atomic E-state index is 0.101. The van der Waals surface area contributed by atoms with Gasteiger partial charge in [-0.15, -0.1) is 0 Å². The lowest BCUT2D eigenvalue weighted by atomic mass is 10.0. The van der Waals surface area contributed by atoms with Crippen LogP contribution < -0.4 is 14.4 Å². The Morgan fingerprint density at radius 1 is 1.03 bits per heavy atom. The molecule has 0 fully saturated rings. The summed E-state index contributed by atoms with van der Waals surface area (Å²) in [5.41, 5.74) is 2.60. The van der Waals surface area contributed by atoms with E-state index in [0.29, 0.717) is 24.5 Å². The van der Waals surface area contributed by atoms with Crippen LogP contribution in [0.15, 0.2) is 77.7 Å². The Balaban J connectivity index is 1.57. The number of ether oxygens (including phenoxy) is 1. The number of nitrogens with one attached hydrogen (secondary N) is 1. The van der Waals surface area contributed by atoms with Gasteiger partial charge in [-0.2, -0.15) is 0 Å². The first-order chi connectivity index (χ1) is 15.0. The number of fused-ring (bicyclic) bond motifs is 1. The highest BCUT2D eigenvalue weighted by molar-refractivity contribution is 7.92. The first kappa shape index (κ1) is 20.9. The summed E-state index contributed by atoms with van der Waals surface area (Å²) in [4.78, 5) is 12.8. The average molecular weight is 437 g/mol. The maximum atomic E-state index is 13.4. The molecule has 1 heterocycles. The summed E-state index contributed by atoms with van der Waals surface area (Å²) in [6.07, 6.45) is 1.61. The van der Waals surface area contributed by atoms with E-state index in [9.17, 15) is 13.2 Å². The predicted molar refractivity (Wildman–Crippen MR) is 121 cm³/mol. The summed E-state index contributed by atoms with van der Waals surface area (Å²) in [6.45, 7) is 2.88. The molecule has 160 valence electrons. The topological polar surface area (TPSA) is 75.7 Å². The van der Waals surface area contributed by atoms with Crippen LogP contribution in [0.1, 0.15) is 29.3 Å². The Morgan fingerprint density at radius 3 is 2.58 bits per heavy atom. The maximum Gasteiger partial charge on any atom is 0.264 e. The SMILES string of the molecule is CCOc1ccc(NC(=O)c2cccc(S(=O)(=O)N3CCCc4ccccc43)c2)cc1. The second-order valence-corrected chi connectivity index (χ2v) is 9.11. The van der Waals surface area contributed by atoms with Crippen LogP contribution in [0.3, 0.4) is 0 Å². The molecule has 4 rings (SSSR count). The first-order valence-electron chi connectivity index (χ1n) is 10.2. The molecule has 1 aliphatic heterocycles. The summed E-state index contributed by atoms with van der Waals surface area (Å²) in [5.74, 6) is 0.343. The second kappa shape index (κ2) is 8.81. The van der Waals surface area contributed by atoms with Gasteiger partial charge in [-0.05, 0) is 73.9 Å². The molecule has 1 amide bonds. The second-order valence-electron chi connectivity index (χ2n) is 7.25. The lowest BCUT2D eigenvalue weighted by Crippen LogP contribution is -2.35. The van der Waals surface area contributed by atoms with Crippen LogP contribution in [-0.2, 0) is 16.4 Å². The third-order valence-electron chi connectivity index (χ3n) is 5.18. The number of amides is 1. The van der Waals surface area contributed by atoms with Crippen LogP contribution in [0.2, 0.25) is 0 Å². The summed E-state index contributed by atoms with van der Waals surface area (Å²) >= 11 is 0. The first-order valence-corrected chi connectivity index (χ1v) is 11.7. The molecule has 0 aliphatic carbocycles. The number of carbonyl (C=O) groups is 1. The normalized spacial score (nSPS) is 13.4. The molecule has 6 nitrogen and oxygen atoms in total. The number of rotatable bonds is 6. The largest absolute Gasteiger partial charge is 0.494 e. The van der Waals surface area contributed by atoms with E-state index in [1.54, 1.807) is 36.4 Å². The highest BCUT2D eigenvalue weighted by atomic mass is 32.2. The molecule has 0 unspecified atom stereocenters. The molecule has 0 aromatic heterocycles. The van der Waals surface area contributed by atoms with E-state index in [0.717, 1.165) is 24.2 Å². The van der Waals surface area contributed by atoms with Gasteiger partial charge >= 0.3 is 0 Å². The number of nitrogens with zero attached hydrogens (tertiary/aromatic N) is 1. The van der Waals surface area contributed by atoms with Crippen LogP contribution in [0.25, 0.3) is 0 Å². The van der Waals surface area contributed by atoms with Crippen LogP contribution >= 0.6 is 0 Å². The van der Waals surface area contributed by atoms with Crippen LogP contribution in [0.5, 0.6) is 5.75 Å². The van der Waals surface area contributed by atoms with Crippen molar-refractivity contribution < 1.29 is 17.9 Å². The van der Waals surface area contributed by atoms with Crippen molar-refractivity contribution in [2.45, 2.75) is 24.7 Å². The van der Waals surface area contributed by atoms with Gasteiger partial charge in [0.15, 0.2) is 0 Å². The standard InChI is InChI=1S/C24H24N2O4S/c1-2-30-21-14-12-20(13-15-21)25-24(27)19-8-5-10-22(17-19)31(28,29)26-16-6-9-18-7-3-4-11-23(18)26/h3-5,7-8,10-15,17H,2,6,9,16H2,1H3,(H,25,27). The number of anilines is 2. The lowest BCUT2D eigenvalue weighted by molar-refractivity contribution is 0.102. The van der Waals surface area contributed by atoms with Crippen LogP contribution in [0.4, 0.5) is 11.4 Å². The fourth-order valence-corrected chi connectivity index (χ4v) is 5.27. The lowest BCUT2D eigenvalue weighted by Gasteiger charge is -2.30. The Labute approximate surface area is 182 Å². The van der Waals surface area contributed by atoms with Gasteiger partial charge in [0.05, 0.1) is 17.2 Å². The van der Waals surface area contributed by atoms with E-state index in [2.05, 4.69) is 5.32 Å². The van der Waals surface area contributed by atoms with E-state index in [1.165, 1.54) is 16.4 Å². The zero-order chi connectivity index (χ0) is 21.8. The number of para-hydroxylation sites is 1. The van der Waals surface area contributed by atoms with Gasteiger partial charge in [0.2, 0.25) is 0 Å². The molecule has 0 radical (unpaired) electrons. The molecule has 0 spiro atoms. The summed E-state index contributed by atoms with van der Waals surface area (Å²) in [5, 5.41) is 2.80. The number of carbonyl (C=O) groups excluding carboxylic acids is 1. The van der Waals surface area contributed by atoms with Crippen molar-refractivity contribution in [2.24, 2.45) is 0 Å². The molecule has 3 aromatic carbocycles. The molecule has 0 bridgehead atoms. The Morgan fingerprint density at radius 2 is 1.81 bits per heavy atom. The van der Waals surface area contributed by atoms with Gasteiger partial charge in [0, 0.05) is 17.8 Å². The molecule has 1 N–H and O–H groups in total. The number of hydrogen-bond acceptors (Lipinski definition) is 4. The van der Waals surface area contributed by atoms with E-state index in [-0.39, 0.29) is 16.4 Å². The highest BCUT2D eigenvalue weighted by Gasteiger charge is 2.29. The third kappa shape index (κ3) is 4.41. The minimum atomic E-state index is -3.78. The zero-order valence-corrected chi connectivity index (χ0v) is 18.1. The van der Waals surface area contributed by atoms with Crippen molar-refractivity contribution in [3.63, 3.8) is 0 Å². The summed E-state index contributed by atoms with van der Waals surface area (Å²) < 4.78 is 33.6. The van der Waals surface area contributed by atoms with E-state index in [1.807, 2.05) is 31.2 Å². The van der Waals surface area contributed by atoms with Crippen molar-refractivity contribution in [2.75, 3.05) is 22.8 Å². The van der Waals surface area contributed by atoms with Crippen molar-refractivity contribution in [3.8, 4) is 5.75 Å². The van der Waals surface area contributed by atoms with Crippen LogP contribution in [0, 0.1) is 0 Å². The summed E-state index contributed by atoms with van der Waals surface area (Å²) in [6, 6.07) is 20.7. The number of sulfonamides is 1. The highest BCUT2D eigenvalue weighted by Crippen LogP contribution is 2.32. The van der Waals surface area contributed by atoms with E-state index >= 15 is 0 Å². The molecule has 31 heavy (non-hydrogen) atoms. The molecule has 1 aliphatic rings. The van der Waals surface area contributed by atoms with Gasteiger partial charge in [-0.3, -0.25) is 9.10 Å². The Kier molecular flexibility index (Phi) is 5.95.